The minimum absolute atomic E-state index is 0.00488. The predicted octanol–water partition coefficient (Wildman–Crippen LogP) is 4.36. The smallest absolute Gasteiger partial charge is 0.260 e. The molecular formula is C19H18ClFN2O2. The van der Waals surface area contributed by atoms with Crippen LogP contribution in [0.3, 0.4) is 0 Å². The maximum absolute atomic E-state index is 13.8. The van der Waals surface area contributed by atoms with E-state index in [9.17, 15) is 14.0 Å². The Labute approximate surface area is 150 Å². The normalized spacial score (nSPS) is 14.2. The first kappa shape index (κ1) is 17.4. The molecule has 6 heteroatoms. The second-order valence-corrected chi connectivity index (χ2v) is 6.39. The average molecular weight is 361 g/mol. The highest BCUT2D eigenvalue weighted by atomic mass is 35.5. The Morgan fingerprint density at radius 1 is 1.00 bits per heavy atom. The van der Waals surface area contributed by atoms with Gasteiger partial charge >= 0.3 is 0 Å². The van der Waals surface area contributed by atoms with Crippen molar-refractivity contribution in [2.45, 2.75) is 19.3 Å². The Morgan fingerprint density at radius 2 is 1.68 bits per heavy atom. The third-order valence-electron chi connectivity index (χ3n) is 4.22. The van der Waals surface area contributed by atoms with Gasteiger partial charge in [-0.15, -0.1) is 0 Å². The summed E-state index contributed by atoms with van der Waals surface area (Å²) in [7, 11) is 0. The number of carbonyl (C=O) groups is 2. The average Bonchev–Trinajstić information content (AvgIpc) is 2.62. The van der Waals surface area contributed by atoms with Crippen molar-refractivity contribution in [3.63, 3.8) is 0 Å². The highest BCUT2D eigenvalue weighted by molar-refractivity contribution is 6.34. The molecule has 0 aliphatic carbocycles. The molecule has 0 spiro atoms. The molecular weight excluding hydrogens is 343 g/mol. The minimum atomic E-state index is -0.679. The van der Waals surface area contributed by atoms with Crippen molar-refractivity contribution in [1.29, 1.82) is 0 Å². The number of rotatable bonds is 3. The molecule has 4 nitrogen and oxygen atoms in total. The van der Waals surface area contributed by atoms with Gasteiger partial charge in [-0.05, 0) is 55.7 Å². The summed E-state index contributed by atoms with van der Waals surface area (Å²) in [5.41, 5.74) is 0.848. The molecule has 0 saturated carbocycles. The Hall–Kier alpha value is -2.40. The fourth-order valence-corrected chi connectivity index (χ4v) is 3.13. The van der Waals surface area contributed by atoms with Gasteiger partial charge in [-0.3, -0.25) is 9.59 Å². The van der Waals surface area contributed by atoms with Crippen LogP contribution in [-0.4, -0.2) is 29.8 Å². The van der Waals surface area contributed by atoms with E-state index in [1.54, 1.807) is 24.3 Å². The molecule has 2 amide bonds. The van der Waals surface area contributed by atoms with Crippen LogP contribution < -0.4 is 5.32 Å². The van der Waals surface area contributed by atoms with Gasteiger partial charge in [0, 0.05) is 24.3 Å². The molecule has 130 valence electrons. The van der Waals surface area contributed by atoms with Gasteiger partial charge in [0.05, 0.1) is 10.6 Å². The lowest BCUT2D eigenvalue weighted by molar-refractivity contribution is 0.0724. The summed E-state index contributed by atoms with van der Waals surface area (Å²) in [6, 6.07) is 10.7. The van der Waals surface area contributed by atoms with Gasteiger partial charge in [0.25, 0.3) is 11.8 Å². The van der Waals surface area contributed by atoms with E-state index < -0.39 is 11.7 Å². The number of likely N-dealkylation sites (tertiary alicyclic amines) is 1. The van der Waals surface area contributed by atoms with Crippen molar-refractivity contribution in [3.8, 4) is 0 Å². The number of hydrogen-bond donors (Lipinski definition) is 1. The van der Waals surface area contributed by atoms with E-state index in [-0.39, 0.29) is 16.5 Å². The maximum Gasteiger partial charge on any atom is 0.260 e. The molecule has 3 rings (SSSR count). The van der Waals surface area contributed by atoms with Crippen LogP contribution >= 0.6 is 11.6 Å². The Balaban J connectivity index is 1.70. The van der Waals surface area contributed by atoms with Crippen LogP contribution in [0.1, 0.15) is 40.0 Å². The largest absolute Gasteiger partial charge is 0.339 e. The highest BCUT2D eigenvalue weighted by Gasteiger charge is 2.19. The Morgan fingerprint density at radius 3 is 2.32 bits per heavy atom. The second-order valence-electron chi connectivity index (χ2n) is 5.98. The molecule has 1 aliphatic rings. The first-order chi connectivity index (χ1) is 12.1. The Kier molecular flexibility index (Phi) is 5.34. The van der Waals surface area contributed by atoms with Crippen LogP contribution in [0.5, 0.6) is 0 Å². The highest BCUT2D eigenvalue weighted by Crippen LogP contribution is 2.21. The van der Waals surface area contributed by atoms with E-state index >= 15 is 0 Å². The number of anilines is 1. The van der Waals surface area contributed by atoms with Crippen molar-refractivity contribution < 1.29 is 14.0 Å². The number of piperidine rings is 1. The fraction of sp³-hybridized carbons (Fsp3) is 0.263. The number of nitrogens with one attached hydrogen (secondary N) is 1. The SMILES string of the molecule is O=C(Nc1ccc(C(=O)N2CCCCC2)cc1)c1c(F)cccc1Cl. The van der Waals surface area contributed by atoms with Gasteiger partial charge in [0.2, 0.25) is 0 Å². The van der Waals surface area contributed by atoms with Crippen LogP contribution in [0.25, 0.3) is 0 Å². The molecule has 1 heterocycles. The molecule has 1 N–H and O–H groups in total. The van der Waals surface area contributed by atoms with Crippen LogP contribution in [0, 0.1) is 5.82 Å². The summed E-state index contributed by atoms with van der Waals surface area (Å²) in [6.45, 7) is 1.56. The van der Waals surface area contributed by atoms with Gasteiger partial charge < -0.3 is 10.2 Å². The molecule has 2 aromatic rings. The first-order valence-electron chi connectivity index (χ1n) is 8.21. The van der Waals surface area contributed by atoms with Gasteiger partial charge in [-0.1, -0.05) is 17.7 Å². The topological polar surface area (TPSA) is 49.4 Å². The monoisotopic (exact) mass is 360 g/mol. The van der Waals surface area contributed by atoms with E-state index in [0.29, 0.717) is 11.3 Å². The lowest BCUT2D eigenvalue weighted by Crippen LogP contribution is -2.35. The van der Waals surface area contributed by atoms with Crippen LogP contribution in [0.2, 0.25) is 5.02 Å². The van der Waals surface area contributed by atoms with Gasteiger partial charge in [0.1, 0.15) is 5.82 Å². The zero-order valence-electron chi connectivity index (χ0n) is 13.6. The van der Waals surface area contributed by atoms with Gasteiger partial charge in [-0.25, -0.2) is 4.39 Å². The van der Waals surface area contributed by atoms with E-state index in [4.69, 9.17) is 11.6 Å². The van der Waals surface area contributed by atoms with Crippen LogP contribution in [0.4, 0.5) is 10.1 Å². The summed E-state index contributed by atoms with van der Waals surface area (Å²) < 4.78 is 13.8. The zero-order chi connectivity index (χ0) is 17.8. The maximum atomic E-state index is 13.8. The summed E-state index contributed by atoms with van der Waals surface area (Å²) in [6.07, 6.45) is 3.22. The van der Waals surface area contributed by atoms with Crippen molar-refractivity contribution in [2.24, 2.45) is 0 Å². The summed E-state index contributed by atoms with van der Waals surface area (Å²) in [4.78, 5) is 26.5. The van der Waals surface area contributed by atoms with Crippen molar-refractivity contribution in [2.75, 3.05) is 18.4 Å². The number of benzene rings is 2. The molecule has 0 radical (unpaired) electrons. The summed E-state index contributed by atoms with van der Waals surface area (Å²) >= 11 is 5.89. The van der Waals surface area contributed by atoms with E-state index in [2.05, 4.69) is 5.32 Å². The second kappa shape index (κ2) is 7.66. The number of carbonyl (C=O) groups excluding carboxylic acids is 2. The number of halogens is 2. The lowest BCUT2D eigenvalue weighted by atomic mass is 10.1. The lowest BCUT2D eigenvalue weighted by Gasteiger charge is -2.26. The Bertz CT molecular complexity index is 766. The molecule has 25 heavy (non-hydrogen) atoms. The van der Waals surface area contributed by atoms with Crippen LogP contribution in [0.15, 0.2) is 42.5 Å². The van der Waals surface area contributed by atoms with Gasteiger partial charge in [-0.2, -0.15) is 0 Å². The predicted molar refractivity (Wildman–Crippen MR) is 95.6 cm³/mol. The van der Waals surface area contributed by atoms with E-state index in [0.717, 1.165) is 32.4 Å². The molecule has 2 aromatic carbocycles. The molecule has 1 saturated heterocycles. The van der Waals surface area contributed by atoms with E-state index in [1.165, 1.54) is 18.2 Å². The molecule has 0 atom stereocenters. The fourth-order valence-electron chi connectivity index (χ4n) is 2.88. The molecule has 1 fully saturated rings. The standard InChI is InChI=1S/C19H18ClFN2O2/c20-15-5-4-6-16(21)17(15)18(24)22-14-9-7-13(8-10-14)19(25)23-11-2-1-3-12-23/h4-10H,1-3,11-12H2,(H,22,24). The zero-order valence-corrected chi connectivity index (χ0v) is 14.4. The van der Waals surface area contributed by atoms with E-state index in [1.807, 2.05) is 4.90 Å². The molecule has 0 unspecified atom stereocenters. The quantitative estimate of drug-likeness (QED) is 0.884. The third-order valence-corrected chi connectivity index (χ3v) is 4.54. The molecule has 0 aromatic heterocycles. The first-order valence-corrected chi connectivity index (χ1v) is 8.59. The summed E-state index contributed by atoms with van der Waals surface area (Å²) in [5, 5.41) is 2.65. The molecule has 1 aliphatic heterocycles. The number of hydrogen-bond acceptors (Lipinski definition) is 2. The number of amides is 2. The van der Waals surface area contributed by atoms with Crippen molar-refractivity contribution in [1.82, 2.24) is 4.90 Å². The van der Waals surface area contributed by atoms with Gasteiger partial charge in [0.15, 0.2) is 0 Å². The number of nitrogens with zero attached hydrogens (tertiary/aromatic N) is 1. The third kappa shape index (κ3) is 3.99. The molecule has 0 bridgehead atoms. The van der Waals surface area contributed by atoms with Crippen LogP contribution in [-0.2, 0) is 0 Å². The summed E-state index contributed by atoms with van der Waals surface area (Å²) in [5.74, 6) is -1.31. The van der Waals surface area contributed by atoms with Crippen molar-refractivity contribution >= 4 is 29.1 Å². The van der Waals surface area contributed by atoms with Crippen molar-refractivity contribution in [3.05, 3.63) is 64.4 Å². The minimum Gasteiger partial charge on any atom is -0.339 e.